The first-order valence-corrected chi connectivity index (χ1v) is 9.02. The normalized spacial score (nSPS) is 15.3. The lowest BCUT2D eigenvalue weighted by atomic mass is 9.84. The fourth-order valence-electron chi connectivity index (χ4n) is 3.73. The molecule has 1 aromatic heterocycles. The average molecular weight is 313 g/mol. The number of pyridine rings is 1. The maximum absolute atomic E-state index is 4.64. The summed E-state index contributed by atoms with van der Waals surface area (Å²) in [5.74, 6) is 0.770. The van der Waals surface area contributed by atoms with E-state index in [1.807, 2.05) is 12.3 Å². The van der Waals surface area contributed by atoms with Gasteiger partial charge < -0.3 is 0 Å². The molecule has 0 amide bonds. The van der Waals surface area contributed by atoms with Gasteiger partial charge in [0.05, 0.1) is 5.69 Å². The second-order valence-corrected chi connectivity index (χ2v) is 6.76. The van der Waals surface area contributed by atoms with E-state index in [-0.39, 0.29) is 0 Å². The second kappa shape index (κ2) is 7.00. The zero-order valence-electron chi connectivity index (χ0n) is 14.0. The first-order valence-electron chi connectivity index (χ1n) is 9.02. The van der Waals surface area contributed by atoms with Crippen LogP contribution in [0.2, 0.25) is 0 Å². The van der Waals surface area contributed by atoms with E-state index in [1.54, 1.807) is 0 Å². The summed E-state index contributed by atoms with van der Waals surface area (Å²) < 4.78 is 0. The molecule has 4 rings (SSSR count). The van der Waals surface area contributed by atoms with Crippen molar-refractivity contribution in [2.24, 2.45) is 0 Å². The van der Waals surface area contributed by atoms with Crippen LogP contribution in [0.25, 0.3) is 22.4 Å². The van der Waals surface area contributed by atoms with E-state index in [0.717, 1.165) is 17.2 Å². The van der Waals surface area contributed by atoms with Gasteiger partial charge in [-0.15, -0.1) is 0 Å². The molecule has 120 valence electrons. The third kappa shape index (κ3) is 3.26. The smallest absolute Gasteiger partial charge is 0.0702 e. The van der Waals surface area contributed by atoms with Crippen molar-refractivity contribution in [2.75, 3.05) is 0 Å². The van der Waals surface area contributed by atoms with E-state index in [2.05, 4.69) is 65.6 Å². The van der Waals surface area contributed by atoms with Crippen molar-refractivity contribution < 1.29 is 0 Å². The summed E-state index contributed by atoms with van der Waals surface area (Å²) in [5.41, 5.74) is 6.13. The molecule has 0 radical (unpaired) electrons. The van der Waals surface area contributed by atoms with Crippen LogP contribution in [0.15, 0.2) is 72.9 Å². The summed E-state index contributed by atoms with van der Waals surface area (Å²) in [5, 5.41) is 0. The predicted octanol–water partition coefficient (Wildman–Crippen LogP) is 6.46. The minimum absolute atomic E-state index is 0.770. The molecule has 0 atom stereocenters. The van der Waals surface area contributed by atoms with E-state index in [1.165, 1.54) is 48.8 Å². The molecule has 1 nitrogen and oxygen atoms in total. The van der Waals surface area contributed by atoms with Crippen LogP contribution in [0, 0.1) is 0 Å². The third-order valence-corrected chi connectivity index (χ3v) is 5.15. The Kier molecular flexibility index (Phi) is 4.42. The van der Waals surface area contributed by atoms with Crippen LogP contribution in [-0.4, -0.2) is 4.98 Å². The lowest BCUT2D eigenvalue weighted by Crippen LogP contribution is -2.04. The summed E-state index contributed by atoms with van der Waals surface area (Å²) in [7, 11) is 0. The van der Waals surface area contributed by atoms with E-state index in [4.69, 9.17) is 0 Å². The number of aromatic nitrogens is 1. The van der Waals surface area contributed by atoms with Gasteiger partial charge in [-0.2, -0.15) is 0 Å². The number of nitrogens with zero attached hydrogens (tertiary/aromatic N) is 1. The van der Waals surface area contributed by atoms with Crippen LogP contribution < -0.4 is 0 Å². The van der Waals surface area contributed by atoms with Gasteiger partial charge in [0.2, 0.25) is 0 Å². The summed E-state index contributed by atoms with van der Waals surface area (Å²) in [6, 6.07) is 23.8. The molecular weight excluding hydrogens is 290 g/mol. The van der Waals surface area contributed by atoms with Crippen LogP contribution >= 0.6 is 0 Å². The van der Waals surface area contributed by atoms with Crippen molar-refractivity contribution in [3.05, 3.63) is 78.5 Å². The summed E-state index contributed by atoms with van der Waals surface area (Å²) in [4.78, 5) is 4.64. The van der Waals surface area contributed by atoms with E-state index < -0.39 is 0 Å². The largest absolute Gasteiger partial charge is 0.256 e. The SMILES string of the molecule is c1ccc(-c2ccc(-c3ccc(C4CCCCC4)cc3)cn2)cc1. The van der Waals surface area contributed by atoms with Crippen molar-refractivity contribution >= 4 is 0 Å². The molecule has 0 bridgehead atoms. The minimum atomic E-state index is 0.770. The molecule has 1 aliphatic rings. The molecule has 0 saturated heterocycles. The highest BCUT2D eigenvalue weighted by atomic mass is 14.7. The lowest BCUT2D eigenvalue weighted by molar-refractivity contribution is 0.443. The van der Waals surface area contributed by atoms with Crippen molar-refractivity contribution in [2.45, 2.75) is 38.0 Å². The fourth-order valence-corrected chi connectivity index (χ4v) is 3.73. The summed E-state index contributed by atoms with van der Waals surface area (Å²) in [6.45, 7) is 0. The molecule has 1 aliphatic carbocycles. The highest BCUT2D eigenvalue weighted by molar-refractivity contribution is 5.67. The van der Waals surface area contributed by atoms with E-state index >= 15 is 0 Å². The molecule has 0 spiro atoms. The molecule has 0 N–H and O–H groups in total. The molecule has 0 unspecified atom stereocenters. The van der Waals surface area contributed by atoms with Crippen LogP contribution in [0.4, 0.5) is 0 Å². The highest BCUT2D eigenvalue weighted by Crippen LogP contribution is 2.33. The van der Waals surface area contributed by atoms with Gasteiger partial charge in [0.1, 0.15) is 0 Å². The molecule has 3 aromatic rings. The van der Waals surface area contributed by atoms with Gasteiger partial charge in [0.15, 0.2) is 0 Å². The second-order valence-electron chi connectivity index (χ2n) is 6.76. The Hall–Kier alpha value is -2.41. The molecule has 24 heavy (non-hydrogen) atoms. The molecule has 1 fully saturated rings. The van der Waals surface area contributed by atoms with E-state index in [9.17, 15) is 0 Å². The molecule has 1 heterocycles. The fraction of sp³-hybridized carbons (Fsp3) is 0.261. The zero-order valence-corrected chi connectivity index (χ0v) is 14.0. The Morgan fingerprint density at radius 1 is 0.625 bits per heavy atom. The van der Waals surface area contributed by atoms with Gasteiger partial charge in [0, 0.05) is 17.3 Å². The van der Waals surface area contributed by atoms with Crippen LogP contribution in [-0.2, 0) is 0 Å². The Bertz CT molecular complexity index is 767. The Labute approximate surface area is 144 Å². The monoisotopic (exact) mass is 313 g/mol. The molecular formula is C23H23N. The van der Waals surface area contributed by atoms with Crippen molar-refractivity contribution in [3.8, 4) is 22.4 Å². The summed E-state index contributed by atoms with van der Waals surface area (Å²) in [6.07, 6.45) is 8.87. The van der Waals surface area contributed by atoms with Gasteiger partial charge in [0.25, 0.3) is 0 Å². The Morgan fingerprint density at radius 3 is 2.00 bits per heavy atom. The van der Waals surface area contributed by atoms with Crippen molar-refractivity contribution in [1.29, 1.82) is 0 Å². The van der Waals surface area contributed by atoms with Crippen molar-refractivity contribution in [3.63, 3.8) is 0 Å². The first-order chi connectivity index (χ1) is 11.9. The number of rotatable bonds is 3. The number of hydrogen-bond acceptors (Lipinski definition) is 1. The lowest BCUT2D eigenvalue weighted by Gasteiger charge is -2.22. The average Bonchev–Trinajstić information content (AvgIpc) is 2.70. The zero-order chi connectivity index (χ0) is 16.2. The maximum Gasteiger partial charge on any atom is 0.0702 e. The third-order valence-electron chi connectivity index (χ3n) is 5.15. The Balaban J connectivity index is 1.53. The van der Waals surface area contributed by atoms with Gasteiger partial charge >= 0.3 is 0 Å². The molecule has 1 saturated carbocycles. The summed E-state index contributed by atoms with van der Waals surface area (Å²) >= 11 is 0. The van der Waals surface area contributed by atoms with Crippen LogP contribution in [0.1, 0.15) is 43.6 Å². The number of hydrogen-bond donors (Lipinski definition) is 0. The van der Waals surface area contributed by atoms with E-state index in [0.29, 0.717) is 0 Å². The molecule has 2 aromatic carbocycles. The minimum Gasteiger partial charge on any atom is -0.256 e. The maximum atomic E-state index is 4.64. The first kappa shape index (κ1) is 15.1. The highest BCUT2D eigenvalue weighted by Gasteiger charge is 2.15. The van der Waals surface area contributed by atoms with Gasteiger partial charge in [-0.05, 0) is 36.0 Å². The van der Waals surface area contributed by atoms with Crippen molar-refractivity contribution in [1.82, 2.24) is 4.98 Å². The Morgan fingerprint density at radius 2 is 1.33 bits per heavy atom. The number of benzene rings is 2. The standard InChI is InChI=1S/C23H23N/c1-3-7-18(8-4-1)19-11-13-20(14-12-19)22-15-16-23(24-17-22)21-9-5-2-6-10-21/h2,5-6,9-18H,1,3-4,7-8H2. The topological polar surface area (TPSA) is 12.9 Å². The van der Waals surface area contributed by atoms with Crippen LogP contribution in [0.3, 0.4) is 0 Å². The molecule has 1 heteroatoms. The predicted molar refractivity (Wildman–Crippen MR) is 101 cm³/mol. The van der Waals surface area contributed by atoms with Gasteiger partial charge in [-0.1, -0.05) is 79.9 Å². The molecule has 0 aliphatic heterocycles. The van der Waals surface area contributed by atoms with Gasteiger partial charge in [-0.3, -0.25) is 4.98 Å². The van der Waals surface area contributed by atoms with Gasteiger partial charge in [-0.25, -0.2) is 0 Å². The quantitative estimate of drug-likeness (QED) is 0.540. The van der Waals surface area contributed by atoms with Crippen LogP contribution in [0.5, 0.6) is 0 Å².